The number of carbonyl (C=O) groups is 1. The molecule has 4 nitrogen and oxygen atoms in total. The van der Waals surface area contributed by atoms with Crippen molar-refractivity contribution in [3.63, 3.8) is 0 Å². The van der Waals surface area contributed by atoms with Crippen molar-refractivity contribution < 1.29 is 14.6 Å². The highest BCUT2D eigenvalue weighted by molar-refractivity contribution is 5.97. The van der Waals surface area contributed by atoms with Gasteiger partial charge in [0.2, 0.25) is 0 Å². The number of hydrogen-bond donors (Lipinski definition) is 2. The minimum absolute atomic E-state index is 0.167. The Kier molecular flexibility index (Phi) is 5.13. The largest absolute Gasteiger partial charge is 0.457 e. The van der Waals surface area contributed by atoms with Gasteiger partial charge in [0.05, 0.1) is 12.1 Å². The number of benzene rings is 3. The summed E-state index contributed by atoms with van der Waals surface area (Å²) in [5.74, 6) is 1.06. The number of ether oxygens (including phenoxy) is 1. The molecule has 1 saturated carbocycles. The maximum absolute atomic E-state index is 12.9. The van der Waals surface area contributed by atoms with E-state index >= 15 is 0 Å². The average molecular weight is 373 g/mol. The minimum Gasteiger partial charge on any atom is -0.457 e. The molecule has 0 saturated heterocycles. The molecule has 0 bridgehead atoms. The van der Waals surface area contributed by atoms with Gasteiger partial charge in [-0.2, -0.15) is 0 Å². The third kappa shape index (κ3) is 3.92. The molecular weight excluding hydrogens is 350 g/mol. The number of hydrogen-bond acceptors (Lipinski definition) is 3. The van der Waals surface area contributed by atoms with E-state index in [9.17, 15) is 9.90 Å². The van der Waals surface area contributed by atoms with Crippen molar-refractivity contribution in [1.82, 2.24) is 5.32 Å². The van der Waals surface area contributed by atoms with Crippen molar-refractivity contribution in [3.05, 3.63) is 96.1 Å². The standard InChI is InChI=1S/C24H23NO3/c26-23(21-13-7-8-14-22(21)28-20-11-5-2-6-12-20)25-17-24(27,19-15-16-19)18-9-3-1-4-10-18/h1-14,19,27H,15-17H2,(H,25,26). The summed E-state index contributed by atoms with van der Waals surface area (Å²) in [4.78, 5) is 12.9. The van der Waals surface area contributed by atoms with E-state index in [0.717, 1.165) is 18.4 Å². The number of carbonyl (C=O) groups excluding carboxylic acids is 1. The van der Waals surface area contributed by atoms with Crippen LogP contribution in [0.5, 0.6) is 11.5 Å². The predicted molar refractivity (Wildman–Crippen MR) is 108 cm³/mol. The monoisotopic (exact) mass is 373 g/mol. The van der Waals surface area contributed by atoms with E-state index in [4.69, 9.17) is 4.74 Å². The Morgan fingerprint density at radius 3 is 2.21 bits per heavy atom. The fourth-order valence-electron chi connectivity index (χ4n) is 3.44. The van der Waals surface area contributed by atoms with Gasteiger partial charge >= 0.3 is 0 Å². The van der Waals surface area contributed by atoms with Crippen LogP contribution >= 0.6 is 0 Å². The zero-order valence-corrected chi connectivity index (χ0v) is 15.5. The Bertz CT molecular complexity index is 938. The number of aliphatic hydroxyl groups is 1. The summed E-state index contributed by atoms with van der Waals surface area (Å²) in [5, 5.41) is 14.2. The molecule has 3 aromatic carbocycles. The van der Waals surface area contributed by atoms with E-state index in [1.165, 1.54) is 0 Å². The SMILES string of the molecule is O=C(NCC(O)(c1ccccc1)C1CC1)c1ccccc1Oc1ccccc1. The van der Waals surface area contributed by atoms with Crippen molar-refractivity contribution in [3.8, 4) is 11.5 Å². The average Bonchev–Trinajstić information content (AvgIpc) is 3.59. The molecule has 0 spiro atoms. The summed E-state index contributed by atoms with van der Waals surface area (Å²) < 4.78 is 5.88. The second kappa shape index (κ2) is 7.87. The molecule has 1 aliphatic rings. The number of nitrogens with one attached hydrogen (secondary N) is 1. The van der Waals surface area contributed by atoms with E-state index in [0.29, 0.717) is 17.1 Å². The zero-order chi connectivity index (χ0) is 19.4. The van der Waals surface area contributed by atoms with Crippen molar-refractivity contribution in [1.29, 1.82) is 0 Å². The van der Waals surface area contributed by atoms with Gasteiger partial charge in [-0.05, 0) is 48.6 Å². The Morgan fingerprint density at radius 1 is 0.929 bits per heavy atom. The lowest BCUT2D eigenvalue weighted by molar-refractivity contribution is 0.0135. The maximum atomic E-state index is 12.9. The molecule has 28 heavy (non-hydrogen) atoms. The molecule has 3 aromatic rings. The predicted octanol–water partition coefficient (Wildman–Crippen LogP) is 4.51. The van der Waals surface area contributed by atoms with Gasteiger partial charge in [0.15, 0.2) is 0 Å². The molecule has 4 heteroatoms. The second-order valence-electron chi connectivity index (χ2n) is 7.16. The molecule has 1 fully saturated rings. The fraction of sp³-hybridized carbons (Fsp3) is 0.208. The van der Waals surface area contributed by atoms with Crippen molar-refractivity contribution in [2.24, 2.45) is 5.92 Å². The molecule has 2 N–H and O–H groups in total. The van der Waals surface area contributed by atoms with Crippen LogP contribution < -0.4 is 10.1 Å². The molecule has 0 aliphatic heterocycles. The van der Waals surface area contributed by atoms with Crippen LogP contribution in [0.25, 0.3) is 0 Å². The normalized spacial score (nSPS) is 15.5. The first-order valence-electron chi connectivity index (χ1n) is 9.55. The Morgan fingerprint density at radius 2 is 1.54 bits per heavy atom. The van der Waals surface area contributed by atoms with E-state index in [1.54, 1.807) is 18.2 Å². The second-order valence-corrected chi connectivity index (χ2v) is 7.16. The van der Waals surface area contributed by atoms with Gasteiger partial charge in [0, 0.05) is 0 Å². The first-order chi connectivity index (χ1) is 13.7. The van der Waals surface area contributed by atoms with Crippen molar-refractivity contribution in [2.75, 3.05) is 6.54 Å². The Balaban J connectivity index is 1.51. The van der Waals surface area contributed by atoms with Gasteiger partial charge in [0.1, 0.15) is 17.1 Å². The quantitative estimate of drug-likeness (QED) is 0.641. The molecular formula is C24H23NO3. The Hall–Kier alpha value is -3.11. The lowest BCUT2D eigenvalue weighted by Crippen LogP contribution is -2.42. The van der Waals surface area contributed by atoms with Gasteiger partial charge in [-0.15, -0.1) is 0 Å². The molecule has 1 atom stereocenters. The van der Waals surface area contributed by atoms with Crippen LogP contribution in [0.4, 0.5) is 0 Å². The van der Waals surface area contributed by atoms with Crippen molar-refractivity contribution in [2.45, 2.75) is 18.4 Å². The van der Waals surface area contributed by atoms with E-state index in [-0.39, 0.29) is 18.4 Å². The van der Waals surface area contributed by atoms with Gasteiger partial charge < -0.3 is 15.2 Å². The topological polar surface area (TPSA) is 58.6 Å². The fourth-order valence-corrected chi connectivity index (χ4v) is 3.44. The number of amides is 1. The van der Waals surface area contributed by atoms with Crippen LogP contribution in [-0.4, -0.2) is 17.6 Å². The molecule has 4 rings (SSSR count). The van der Waals surface area contributed by atoms with E-state index < -0.39 is 5.60 Å². The third-order valence-electron chi connectivity index (χ3n) is 5.15. The Labute approximate surface area is 164 Å². The third-order valence-corrected chi connectivity index (χ3v) is 5.15. The zero-order valence-electron chi connectivity index (χ0n) is 15.5. The van der Waals surface area contributed by atoms with E-state index in [1.807, 2.05) is 66.7 Å². The van der Waals surface area contributed by atoms with E-state index in [2.05, 4.69) is 5.32 Å². The van der Waals surface area contributed by atoms with Crippen LogP contribution in [0.15, 0.2) is 84.9 Å². The summed E-state index contributed by atoms with van der Waals surface area (Å²) >= 11 is 0. The molecule has 0 radical (unpaired) electrons. The summed E-state index contributed by atoms with van der Waals surface area (Å²) in [5.41, 5.74) is 0.232. The van der Waals surface area contributed by atoms with Gasteiger partial charge in [-0.3, -0.25) is 4.79 Å². The highest BCUT2D eigenvalue weighted by Crippen LogP contribution is 2.45. The summed E-state index contributed by atoms with van der Waals surface area (Å²) in [6.07, 6.45) is 1.93. The highest BCUT2D eigenvalue weighted by atomic mass is 16.5. The van der Waals surface area contributed by atoms with Crippen LogP contribution in [-0.2, 0) is 5.60 Å². The lowest BCUT2D eigenvalue weighted by Gasteiger charge is -2.29. The molecule has 1 unspecified atom stereocenters. The molecule has 0 aromatic heterocycles. The maximum Gasteiger partial charge on any atom is 0.255 e. The van der Waals surface area contributed by atoms with Gasteiger partial charge in [-0.1, -0.05) is 60.7 Å². The number of rotatable bonds is 7. The van der Waals surface area contributed by atoms with Gasteiger partial charge in [-0.25, -0.2) is 0 Å². The van der Waals surface area contributed by atoms with Gasteiger partial charge in [0.25, 0.3) is 5.91 Å². The highest BCUT2D eigenvalue weighted by Gasteiger charge is 2.45. The summed E-state index contributed by atoms with van der Waals surface area (Å²) in [6.45, 7) is 0.167. The smallest absolute Gasteiger partial charge is 0.255 e. The summed E-state index contributed by atoms with van der Waals surface area (Å²) in [6, 6.07) is 26.1. The molecule has 1 aliphatic carbocycles. The first kappa shape index (κ1) is 18.3. The van der Waals surface area contributed by atoms with Crippen LogP contribution in [0.3, 0.4) is 0 Å². The number of para-hydroxylation sites is 2. The molecule has 1 amide bonds. The summed E-state index contributed by atoms with van der Waals surface area (Å²) in [7, 11) is 0. The van der Waals surface area contributed by atoms with Crippen LogP contribution in [0, 0.1) is 5.92 Å². The van der Waals surface area contributed by atoms with Crippen LogP contribution in [0.1, 0.15) is 28.8 Å². The lowest BCUT2D eigenvalue weighted by atomic mass is 9.88. The molecule has 142 valence electrons. The van der Waals surface area contributed by atoms with Crippen LogP contribution in [0.2, 0.25) is 0 Å². The first-order valence-corrected chi connectivity index (χ1v) is 9.55. The van der Waals surface area contributed by atoms with Crippen molar-refractivity contribution >= 4 is 5.91 Å². The minimum atomic E-state index is -1.05. The molecule has 0 heterocycles.